The molecule has 4 nitrogen and oxygen atoms in total. The summed E-state index contributed by atoms with van der Waals surface area (Å²) in [5.41, 5.74) is 13.7. The highest BCUT2D eigenvalue weighted by Gasteiger charge is 2.20. The van der Waals surface area contributed by atoms with Crippen LogP contribution < -0.4 is 4.90 Å². The van der Waals surface area contributed by atoms with E-state index in [2.05, 4.69) is 185 Å². The molecule has 0 unspecified atom stereocenters. The standard InChI is InChI=1S/C53H35N3O/c1-4-14-36(15-5-1)40-19-12-22-43(34-40)55(42-29-26-38(27-30-42)46-24-13-25-49-52(46)57-53(54-49)39-17-6-2-7-18-39)44-31-33-50-48(35-44)47-32-28-37-16-10-11-23-45(37)51(47)56(50)41-20-8-3-9-21-41/h1-35H. The van der Waals surface area contributed by atoms with Crippen LogP contribution in [0.1, 0.15) is 0 Å². The van der Waals surface area contributed by atoms with Crippen molar-refractivity contribution in [1.82, 2.24) is 9.55 Å². The lowest BCUT2D eigenvalue weighted by atomic mass is 10.0. The number of oxazole rings is 1. The van der Waals surface area contributed by atoms with Gasteiger partial charge in [-0.2, -0.15) is 0 Å². The van der Waals surface area contributed by atoms with E-state index in [1.165, 1.54) is 38.1 Å². The Labute approximate surface area is 330 Å². The molecule has 2 aromatic heterocycles. The van der Waals surface area contributed by atoms with Gasteiger partial charge in [-0.3, -0.25) is 0 Å². The minimum absolute atomic E-state index is 0.621. The summed E-state index contributed by atoms with van der Waals surface area (Å²) in [6.07, 6.45) is 0. The summed E-state index contributed by atoms with van der Waals surface area (Å²) in [6, 6.07) is 75.3. The average molecular weight is 730 g/mol. The molecule has 0 aliphatic rings. The van der Waals surface area contributed by atoms with E-state index in [0.717, 1.165) is 56.1 Å². The molecule has 0 N–H and O–H groups in total. The summed E-state index contributed by atoms with van der Waals surface area (Å²) >= 11 is 0. The molecule has 2 heterocycles. The van der Waals surface area contributed by atoms with Gasteiger partial charge in [0.25, 0.3) is 0 Å². The normalized spacial score (nSPS) is 11.5. The zero-order chi connectivity index (χ0) is 37.7. The Morgan fingerprint density at radius 2 is 1.09 bits per heavy atom. The molecular formula is C53H35N3O. The highest BCUT2D eigenvalue weighted by molar-refractivity contribution is 6.19. The number of anilines is 3. The van der Waals surface area contributed by atoms with Gasteiger partial charge in [0, 0.05) is 50.0 Å². The van der Waals surface area contributed by atoms with Crippen LogP contribution in [-0.4, -0.2) is 9.55 Å². The molecule has 0 aliphatic carbocycles. The van der Waals surface area contributed by atoms with Gasteiger partial charge in [-0.05, 0) is 94.9 Å². The van der Waals surface area contributed by atoms with Crippen molar-refractivity contribution >= 4 is 60.7 Å². The van der Waals surface area contributed by atoms with Crippen molar-refractivity contribution in [2.24, 2.45) is 0 Å². The molecule has 0 aliphatic heterocycles. The smallest absolute Gasteiger partial charge is 0.227 e. The van der Waals surface area contributed by atoms with Crippen LogP contribution in [0.15, 0.2) is 217 Å². The van der Waals surface area contributed by atoms with Crippen LogP contribution in [0, 0.1) is 0 Å². The van der Waals surface area contributed by atoms with Gasteiger partial charge >= 0.3 is 0 Å². The Hall–Kier alpha value is -7.69. The third kappa shape index (κ3) is 5.66. The molecule has 0 atom stereocenters. The van der Waals surface area contributed by atoms with E-state index in [1.54, 1.807) is 0 Å². The second-order valence-electron chi connectivity index (χ2n) is 14.4. The number of para-hydroxylation sites is 2. The van der Waals surface area contributed by atoms with Crippen LogP contribution in [0.2, 0.25) is 0 Å². The van der Waals surface area contributed by atoms with Crippen LogP contribution in [0.3, 0.4) is 0 Å². The molecule has 0 amide bonds. The van der Waals surface area contributed by atoms with Crippen molar-refractivity contribution in [3.8, 4) is 39.4 Å². The van der Waals surface area contributed by atoms with Crippen molar-refractivity contribution in [2.75, 3.05) is 4.90 Å². The average Bonchev–Trinajstić information content (AvgIpc) is 3.88. The van der Waals surface area contributed by atoms with Gasteiger partial charge in [-0.1, -0.05) is 140 Å². The molecule has 4 heteroatoms. The van der Waals surface area contributed by atoms with Gasteiger partial charge < -0.3 is 13.9 Å². The molecule has 0 bridgehead atoms. The Kier molecular flexibility index (Phi) is 7.78. The van der Waals surface area contributed by atoms with Gasteiger partial charge in [-0.25, -0.2) is 4.98 Å². The second kappa shape index (κ2) is 13.6. The molecule has 0 fully saturated rings. The first-order valence-corrected chi connectivity index (χ1v) is 19.3. The maximum absolute atomic E-state index is 6.42. The quantitative estimate of drug-likeness (QED) is 0.164. The molecule has 11 rings (SSSR count). The van der Waals surface area contributed by atoms with Gasteiger partial charge in [0.15, 0.2) is 5.58 Å². The molecule has 11 aromatic rings. The Bertz CT molecular complexity index is 3220. The minimum atomic E-state index is 0.621. The van der Waals surface area contributed by atoms with E-state index in [9.17, 15) is 0 Å². The van der Waals surface area contributed by atoms with Crippen molar-refractivity contribution in [2.45, 2.75) is 0 Å². The molecular weight excluding hydrogens is 695 g/mol. The van der Waals surface area contributed by atoms with E-state index >= 15 is 0 Å². The predicted molar refractivity (Wildman–Crippen MR) is 237 cm³/mol. The first-order chi connectivity index (χ1) is 28.3. The van der Waals surface area contributed by atoms with Crippen LogP contribution in [-0.2, 0) is 0 Å². The number of hydrogen-bond acceptors (Lipinski definition) is 3. The van der Waals surface area contributed by atoms with Crippen molar-refractivity contribution in [3.05, 3.63) is 212 Å². The molecule has 57 heavy (non-hydrogen) atoms. The van der Waals surface area contributed by atoms with Crippen LogP contribution in [0.25, 0.3) is 83.1 Å². The summed E-state index contributed by atoms with van der Waals surface area (Å²) < 4.78 is 8.84. The topological polar surface area (TPSA) is 34.2 Å². The van der Waals surface area contributed by atoms with Gasteiger partial charge in [0.1, 0.15) is 5.52 Å². The Morgan fingerprint density at radius 1 is 0.421 bits per heavy atom. The highest BCUT2D eigenvalue weighted by atomic mass is 16.3. The monoisotopic (exact) mass is 729 g/mol. The zero-order valence-corrected chi connectivity index (χ0v) is 31.0. The molecule has 9 aromatic carbocycles. The van der Waals surface area contributed by atoms with Crippen molar-refractivity contribution in [1.29, 1.82) is 0 Å². The second-order valence-corrected chi connectivity index (χ2v) is 14.4. The first-order valence-electron chi connectivity index (χ1n) is 19.3. The van der Waals surface area contributed by atoms with E-state index in [1.807, 2.05) is 36.4 Å². The van der Waals surface area contributed by atoms with Crippen molar-refractivity contribution in [3.63, 3.8) is 0 Å². The summed E-state index contributed by atoms with van der Waals surface area (Å²) in [6.45, 7) is 0. The minimum Gasteiger partial charge on any atom is -0.435 e. The summed E-state index contributed by atoms with van der Waals surface area (Å²) in [5.74, 6) is 0.621. The third-order valence-electron chi connectivity index (χ3n) is 11.0. The third-order valence-corrected chi connectivity index (χ3v) is 11.0. The van der Waals surface area contributed by atoms with E-state index < -0.39 is 0 Å². The summed E-state index contributed by atoms with van der Waals surface area (Å²) in [7, 11) is 0. The maximum atomic E-state index is 6.42. The van der Waals surface area contributed by atoms with Gasteiger partial charge in [-0.15, -0.1) is 0 Å². The number of hydrogen-bond donors (Lipinski definition) is 0. The van der Waals surface area contributed by atoms with Crippen LogP contribution in [0.5, 0.6) is 0 Å². The molecule has 0 radical (unpaired) electrons. The van der Waals surface area contributed by atoms with Crippen molar-refractivity contribution < 1.29 is 4.42 Å². The molecule has 0 saturated heterocycles. The summed E-state index contributed by atoms with van der Waals surface area (Å²) in [4.78, 5) is 7.20. The Balaban J connectivity index is 1.09. The SMILES string of the molecule is c1ccc(-c2cccc(N(c3ccc(-c4cccc5nc(-c6ccccc6)oc45)cc3)c3ccc4c(c3)c3ccc5ccccc5c3n4-c3ccccc3)c2)cc1. The highest BCUT2D eigenvalue weighted by Crippen LogP contribution is 2.43. The fraction of sp³-hybridized carbons (Fsp3) is 0. The summed E-state index contributed by atoms with van der Waals surface area (Å²) in [5, 5.41) is 4.88. The van der Waals surface area contributed by atoms with Crippen LogP contribution >= 0.6 is 0 Å². The van der Waals surface area contributed by atoms with E-state index in [0.29, 0.717) is 5.89 Å². The lowest BCUT2D eigenvalue weighted by molar-refractivity contribution is 0.621. The fourth-order valence-electron chi connectivity index (χ4n) is 8.33. The molecule has 0 spiro atoms. The molecule has 0 saturated carbocycles. The largest absolute Gasteiger partial charge is 0.435 e. The predicted octanol–water partition coefficient (Wildman–Crippen LogP) is 14.5. The lowest BCUT2D eigenvalue weighted by Gasteiger charge is -2.26. The maximum Gasteiger partial charge on any atom is 0.227 e. The number of aromatic nitrogens is 2. The number of fused-ring (bicyclic) bond motifs is 6. The zero-order valence-electron chi connectivity index (χ0n) is 31.0. The fourth-order valence-corrected chi connectivity index (χ4v) is 8.33. The number of rotatable bonds is 7. The van der Waals surface area contributed by atoms with E-state index in [4.69, 9.17) is 9.40 Å². The first kappa shape index (κ1) is 32.7. The van der Waals surface area contributed by atoms with Gasteiger partial charge in [0.2, 0.25) is 5.89 Å². The number of benzene rings is 9. The van der Waals surface area contributed by atoms with E-state index in [-0.39, 0.29) is 0 Å². The number of nitrogens with zero attached hydrogens (tertiary/aromatic N) is 3. The van der Waals surface area contributed by atoms with Gasteiger partial charge in [0.05, 0.1) is 11.0 Å². The lowest BCUT2D eigenvalue weighted by Crippen LogP contribution is -2.10. The van der Waals surface area contributed by atoms with Crippen LogP contribution in [0.4, 0.5) is 17.1 Å². The Morgan fingerprint density at radius 3 is 1.89 bits per heavy atom. The molecule has 268 valence electrons.